The van der Waals surface area contributed by atoms with E-state index >= 15 is 0 Å². The molecule has 2 aromatic rings. The van der Waals surface area contributed by atoms with Crippen molar-refractivity contribution in [3.05, 3.63) is 27.2 Å². The zero-order valence-corrected chi connectivity index (χ0v) is 11.7. The summed E-state index contributed by atoms with van der Waals surface area (Å²) in [5.41, 5.74) is 0.362. The number of imidazole rings is 1. The van der Waals surface area contributed by atoms with Crippen molar-refractivity contribution in [3.8, 4) is 0 Å². The first-order valence-corrected chi connectivity index (χ1v) is 8.83. The molecule has 0 amide bonds. The summed E-state index contributed by atoms with van der Waals surface area (Å²) in [7, 11) is 1.41. The third kappa shape index (κ3) is 1.57. The molecule has 0 radical (unpaired) electrons. The second-order valence-electron chi connectivity index (χ2n) is 5.16. The highest BCUT2D eigenvalue weighted by Crippen LogP contribution is 2.12. The van der Waals surface area contributed by atoms with Crippen molar-refractivity contribution in [2.24, 2.45) is 14.1 Å². The summed E-state index contributed by atoms with van der Waals surface area (Å²) in [6, 6.07) is 0. The molecule has 0 saturated heterocycles. The van der Waals surface area contributed by atoms with Crippen molar-refractivity contribution in [3.63, 3.8) is 0 Å². The maximum atomic E-state index is 12.1. The molecule has 0 N–H and O–H groups in total. The maximum absolute atomic E-state index is 12.1. The van der Waals surface area contributed by atoms with E-state index < -0.39 is 8.24 Å². The minimum Gasteiger partial charge on any atom is -0.353 e. The lowest BCUT2D eigenvalue weighted by Gasteiger charge is -2.18. The number of hydrogen-bond acceptors (Lipinski definition) is 3. The van der Waals surface area contributed by atoms with Crippen molar-refractivity contribution in [2.45, 2.75) is 19.6 Å². The number of rotatable bonds is 1. The van der Waals surface area contributed by atoms with Crippen LogP contribution in [0.2, 0.25) is 19.6 Å². The second-order valence-corrected chi connectivity index (χ2v) is 9.99. The fourth-order valence-electron chi connectivity index (χ4n) is 1.85. The molecule has 0 aliphatic carbocycles. The van der Waals surface area contributed by atoms with Crippen LogP contribution in [0.15, 0.2) is 15.9 Å². The molecule has 7 heteroatoms. The van der Waals surface area contributed by atoms with Crippen LogP contribution in [-0.2, 0) is 14.1 Å². The summed E-state index contributed by atoms with van der Waals surface area (Å²) >= 11 is 0. The van der Waals surface area contributed by atoms with E-state index in [4.69, 9.17) is 0 Å². The Morgan fingerprint density at radius 3 is 2.24 bits per heavy atom. The largest absolute Gasteiger partial charge is 0.353 e. The predicted octanol–water partition coefficient (Wildman–Crippen LogP) is 0.117. The van der Waals surface area contributed by atoms with Crippen LogP contribution in [0.3, 0.4) is 0 Å². The van der Waals surface area contributed by atoms with Crippen molar-refractivity contribution in [1.82, 2.24) is 18.4 Å². The normalized spacial score (nSPS) is 12.3. The Labute approximate surface area is 99.2 Å². The molecule has 0 spiro atoms. The Balaban J connectivity index is 3.07. The zero-order valence-electron chi connectivity index (χ0n) is 10.7. The van der Waals surface area contributed by atoms with E-state index in [1.807, 2.05) is 4.23 Å². The van der Waals surface area contributed by atoms with E-state index in [9.17, 15) is 9.59 Å². The molecule has 0 aromatic carbocycles. The molecular weight excluding hydrogens is 236 g/mol. The van der Waals surface area contributed by atoms with Gasteiger partial charge in [0, 0.05) is 14.1 Å². The van der Waals surface area contributed by atoms with Gasteiger partial charge in [-0.05, 0) is 0 Å². The number of aromatic nitrogens is 4. The van der Waals surface area contributed by atoms with E-state index in [2.05, 4.69) is 24.6 Å². The van der Waals surface area contributed by atoms with Crippen molar-refractivity contribution in [2.75, 3.05) is 0 Å². The Kier molecular flexibility index (Phi) is 2.39. The van der Waals surface area contributed by atoms with Crippen LogP contribution < -0.4 is 11.2 Å². The number of nitrogens with zero attached hydrogens (tertiary/aromatic N) is 4. The summed E-state index contributed by atoms with van der Waals surface area (Å²) in [5, 5.41) is 0. The minimum atomic E-state index is -1.71. The van der Waals surface area contributed by atoms with E-state index in [0.29, 0.717) is 11.2 Å². The van der Waals surface area contributed by atoms with Gasteiger partial charge in [0.1, 0.15) is 5.52 Å². The van der Waals surface area contributed by atoms with Crippen LogP contribution in [0, 0.1) is 0 Å². The molecular formula is C10H16N4O2Si. The topological polar surface area (TPSA) is 61.8 Å². The summed E-state index contributed by atoms with van der Waals surface area (Å²) in [4.78, 5) is 28.1. The number of hydrogen-bond donors (Lipinski definition) is 0. The molecule has 17 heavy (non-hydrogen) atoms. The predicted molar refractivity (Wildman–Crippen MR) is 69.0 cm³/mol. The van der Waals surface area contributed by atoms with Crippen molar-refractivity contribution >= 4 is 19.4 Å². The molecule has 0 aliphatic heterocycles. The van der Waals surface area contributed by atoms with Gasteiger partial charge in [-0.15, -0.1) is 0 Å². The number of fused-ring (bicyclic) bond motifs is 1. The summed E-state index contributed by atoms with van der Waals surface area (Å²) < 4.78 is 4.47. The van der Waals surface area contributed by atoms with Crippen LogP contribution >= 0.6 is 0 Å². The van der Waals surface area contributed by atoms with Gasteiger partial charge in [-0.3, -0.25) is 13.9 Å². The molecule has 0 bridgehead atoms. The fraction of sp³-hybridized carbons (Fsp3) is 0.500. The van der Waals surface area contributed by atoms with E-state index in [0.717, 1.165) is 4.57 Å². The third-order valence-corrected chi connectivity index (χ3v) is 4.65. The zero-order chi connectivity index (χ0) is 13.0. The van der Waals surface area contributed by atoms with Gasteiger partial charge in [0.2, 0.25) is 0 Å². The molecule has 0 atom stereocenters. The van der Waals surface area contributed by atoms with Gasteiger partial charge in [0.05, 0.1) is 6.33 Å². The van der Waals surface area contributed by atoms with Gasteiger partial charge in [-0.2, -0.15) is 0 Å². The highest BCUT2D eigenvalue weighted by Gasteiger charge is 2.23. The number of aryl methyl sites for hydroxylation is 1. The van der Waals surface area contributed by atoms with Crippen LogP contribution in [-0.4, -0.2) is 26.6 Å². The molecule has 2 rings (SSSR count). The van der Waals surface area contributed by atoms with Crippen LogP contribution in [0.1, 0.15) is 0 Å². The Morgan fingerprint density at radius 1 is 1.12 bits per heavy atom. The minimum absolute atomic E-state index is 0.275. The first-order valence-electron chi connectivity index (χ1n) is 5.38. The van der Waals surface area contributed by atoms with Crippen molar-refractivity contribution in [1.29, 1.82) is 0 Å². The quantitative estimate of drug-likeness (QED) is 0.677. The molecule has 0 fully saturated rings. The second kappa shape index (κ2) is 3.43. The first kappa shape index (κ1) is 11.8. The highest BCUT2D eigenvalue weighted by atomic mass is 28.3. The van der Waals surface area contributed by atoms with Gasteiger partial charge < -0.3 is 4.23 Å². The SMILES string of the molecule is Cn1c(=O)c2c(ncn2[Si](C)(C)C)n(C)c1=O. The molecule has 2 heterocycles. The smallest absolute Gasteiger partial charge is 0.332 e. The average molecular weight is 252 g/mol. The van der Waals surface area contributed by atoms with E-state index in [1.165, 1.54) is 11.6 Å². The Bertz CT molecular complexity index is 702. The van der Waals surface area contributed by atoms with Gasteiger partial charge >= 0.3 is 5.69 Å². The van der Waals surface area contributed by atoms with Crippen molar-refractivity contribution < 1.29 is 0 Å². The monoisotopic (exact) mass is 252 g/mol. The third-order valence-electron chi connectivity index (χ3n) is 2.87. The van der Waals surface area contributed by atoms with Gasteiger partial charge in [-0.25, -0.2) is 9.78 Å². The Hall–Kier alpha value is -1.63. The highest BCUT2D eigenvalue weighted by molar-refractivity contribution is 6.75. The maximum Gasteiger partial charge on any atom is 0.332 e. The molecule has 0 unspecified atom stereocenters. The lowest BCUT2D eigenvalue weighted by Crippen LogP contribution is -2.40. The van der Waals surface area contributed by atoms with Crippen LogP contribution in [0.4, 0.5) is 0 Å². The molecule has 0 aliphatic rings. The lowest BCUT2D eigenvalue weighted by atomic mass is 10.5. The van der Waals surface area contributed by atoms with Crippen LogP contribution in [0.25, 0.3) is 11.2 Å². The Morgan fingerprint density at radius 2 is 1.71 bits per heavy atom. The molecule has 92 valence electrons. The standard InChI is InChI=1S/C10H16N4O2Si/c1-12-8-7(9(15)13(2)10(12)16)14(6-11-8)17(3,4)5/h6H,1-5H3. The average Bonchev–Trinajstić information content (AvgIpc) is 2.67. The first-order chi connectivity index (χ1) is 7.75. The molecule has 6 nitrogen and oxygen atoms in total. The molecule has 0 saturated carbocycles. The van der Waals surface area contributed by atoms with E-state index in [1.54, 1.807) is 13.4 Å². The fourth-order valence-corrected chi connectivity index (χ4v) is 3.12. The van der Waals surface area contributed by atoms with E-state index in [-0.39, 0.29) is 11.2 Å². The van der Waals surface area contributed by atoms with Gasteiger partial charge in [0.25, 0.3) is 5.56 Å². The summed E-state index contributed by atoms with van der Waals surface area (Å²) in [5.74, 6) is 0. The molecule has 2 aromatic heterocycles. The summed E-state index contributed by atoms with van der Waals surface area (Å²) in [6.07, 6.45) is 1.66. The lowest BCUT2D eigenvalue weighted by molar-refractivity contribution is 0.708. The van der Waals surface area contributed by atoms with Gasteiger partial charge in [-0.1, -0.05) is 19.6 Å². The van der Waals surface area contributed by atoms with Gasteiger partial charge in [0.15, 0.2) is 13.9 Å². The van der Waals surface area contributed by atoms with Crippen LogP contribution in [0.5, 0.6) is 0 Å². The summed E-state index contributed by atoms with van der Waals surface area (Å²) in [6.45, 7) is 6.37.